The summed E-state index contributed by atoms with van der Waals surface area (Å²) in [6, 6.07) is 12.2. The molecule has 0 aliphatic heterocycles. The summed E-state index contributed by atoms with van der Waals surface area (Å²) in [5, 5.41) is 5.06. The normalized spacial score (nSPS) is 10.9. The van der Waals surface area contributed by atoms with Gasteiger partial charge in [-0.15, -0.1) is 22.7 Å². The Morgan fingerprint density at radius 1 is 1.13 bits per heavy atom. The van der Waals surface area contributed by atoms with E-state index in [2.05, 4.69) is 33.5 Å². The number of nitrogens with one attached hydrogen (secondary N) is 1. The Labute approximate surface area is 191 Å². The number of methoxy groups -OCH3 is 1. The molecule has 0 saturated carbocycles. The molecule has 3 heterocycles. The van der Waals surface area contributed by atoms with Crippen molar-refractivity contribution in [2.45, 2.75) is 18.9 Å². The van der Waals surface area contributed by atoms with Crippen molar-refractivity contribution in [2.24, 2.45) is 0 Å². The van der Waals surface area contributed by atoms with Crippen molar-refractivity contribution in [3.8, 4) is 10.4 Å². The van der Waals surface area contributed by atoms with E-state index in [-0.39, 0.29) is 11.7 Å². The van der Waals surface area contributed by atoms with Gasteiger partial charge in [-0.3, -0.25) is 4.79 Å². The van der Waals surface area contributed by atoms with Gasteiger partial charge in [-0.2, -0.15) is 0 Å². The number of anilines is 1. The monoisotopic (exact) mass is 469 g/mol. The molecule has 0 fully saturated rings. The van der Waals surface area contributed by atoms with E-state index in [1.54, 1.807) is 11.3 Å². The van der Waals surface area contributed by atoms with Crippen LogP contribution < -0.4 is 5.32 Å². The van der Waals surface area contributed by atoms with Crippen molar-refractivity contribution in [2.75, 3.05) is 18.2 Å². The van der Waals surface area contributed by atoms with E-state index < -0.39 is 5.97 Å². The van der Waals surface area contributed by atoms with Gasteiger partial charge in [0.1, 0.15) is 21.2 Å². The molecule has 0 saturated heterocycles. The highest BCUT2D eigenvalue weighted by Crippen LogP contribution is 2.36. The largest absolute Gasteiger partial charge is 0.465 e. The Balaban J connectivity index is 1.51. The zero-order valence-electron chi connectivity index (χ0n) is 17.1. The molecule has 4 rings (SSSR count). The summed E-state index contributed by atoms with van der Waals surface area (Å²) in [5.74, 6) is -0.491. The second-order valence-electron chi connectivity index (χ2n) is 6.69. The summed E-state index contributed by atoms with van der Waals surface area (Å²) in [7, 11) is 1.33. The Morgan fingerprint density at radius 3 is 2.65 bits per heavy atom. The lowest BCUT2D eigenvalue weighted by Gasteiger charge is -2.06. The molecule has 0 aliphatic carbocycles. The number of aryl methyl sites for hydroxylation is 1. The lowest BCUT2D eigenvalue weighted by Crippen LogP contribution is -2.16. The average molecular weight is 470 g/mol. The molecule has 0 radical (unpaired) electrons. The predicted octanol–water partition coefficient (Wildman–Crippen LogP) is 5.55. The van der Waals surface area contributed by atoms with Crippen molar-refractivity contribution < 1.29 is 14.3 Å². The Morgan fingerprint density at radius 2 is 1.90 bits per heavy atom. The number of rotatable bonds is 6. The second-order valence-corrected chi connectivity index (χ2v) is 9.91. The summed E-state index contributed by atoms with van der Waals surface area (Å²) in [6.07, 6.45) is 1.52. The third kappa shape index (κ3) is 4.48. The van der Waals surface area contributed by atoms with Crippen LogP contribution >= 0.6 is 34.4 Å². The van der Waals surface area contributed by atoms with Crippen molar-refractivity contribution >= 4 is 61.5 Å². The molecule has 158 valence electrons. The number of aromatic nitrogens is 2. The maximum atomic E-state index is 12.6. The summed E-state index contributed by atoms with van der Waals surface area (Å²) in [5.41, 5.74) is 2.36. The third-order valence-corrected chi connectivity index (χ3v) is 7.94. The molecule has 0 atom stereocenters. The predicted molar refractivity (Wildman–Crippen MR) is 127 cm³/mol. The molecule has 1 amide bonds. The fraction of sp³-hybridized carbons (Fsp3) is 0.182. The molecule has 0 spiro atoms. The number of thiophene rings is 2. The second kappa shape index (κ2) is 9.17. The minimum Gasteiger partial charge on any atom is -0.465 e. The third-order valence-electron chi connectivity index (χ3n) is 4.72. The standard InChI is InChI=1S/C22H19N3O3S3/c1-12-13(2)30-21(18(12)22(27)28-3)25-17(26)10-29-19-15-9-16(14-7-5-4-6-8-14)31-20(15)24-11-23-19/h4-9,11H,10H2,1-3H3,(H,25,26). The molecule has 0 bridgehead atoms. The van der Waals surface area contributed by atoms with Gasteiger partial charge in [-0.05, 0) is 31.0 Å². The van der Waals surface area contributed by atoms with Gasteiger partial charge in [-0.1, -0.05) is 42.1 Å². The van der Waals surface area contributed by atoms with E-state index in [0.29, 0.717) is 10.6 Å². The van der Waals surface area contributed by atoms with Crippen molar-refractivity contribution in [3.05, 3.63) is 58.7 Å². The van der Waals surface area contributed by atoms with Crippen LogP contribution in [-0.4, -0.2) is 34.7 Å². The quantitative estimate of drug-likeness (QED) is 0.226. The minimum atomic E-state index is -0.450. The fourth-order valence-electron chi connectivity index (χ4n) is 3.05. The van der Waals surface area contributed by atoms with E-state index in [1.165, 1.54) is 36.5 Å². The molecule has 3 aromatic heterocycles. The SMILES string of the molecule is COC(=O)c1c(NC(=O)CSc2ncnc3sc(-c4ccccc4)cc23)sc(C)c1C. The van der Waals surface area contributed by atoms with E-state index in [9.17, 15) is 9.59 Å². The zero-order chi connectivity index (χ0) is 22.0. The van der Waals surface area contributed by atoms with Crippen LogP contribution in [0.15, 0.2) is 47.8 Å². The highest BCUT2D eigenvalue weighted by molar-refractivity contribution is 8.00. The fourth-order valence-corrected chi connectivity index (χ4v) is 5.96. The smallest absolute Gasteiger partial charge is 0.341 e. The lowest BCUT2D eigenvalue weighted by molar-refractivity contribution is -0.113. The number of carbonyl (C=O) groups is 2. The number of carbonyl (C=O) groups excluding carboxylic acids is 2. The summed E-state index contributed by atoms with van der Waals surface area (Å²) in [4.78, 5) is 36.4. The first-order chi connectivity index (χ1) is 15.0. The first kappa shape index (κ1) is 21.5. The lowest BCUT2D eigenvalue weighted by atomic mass is 10.1. The molecular weight excluding hydrogens is 450 g/mol. The van der Waals surface area contributed by atoms with Crippen LogP contribution in [0.3, 0.4) is 0 Å². The summed E-state index contributed by atoms with van der Waals surface area (Å²) in [6.45, 7) is 3.76. The molecule has 1 aromatic carbocycles. The summed E-state index contributed by atoms with van der Waals surface area (Å²) >= 11 is 4.32. The van der Waals surface area contributed by atoms with E-state index in [1.807, 2.05) is 32.0 Å². The molecule has 0 aliphatic rings. The summed E-state index contributed by atoms with van der Waals surface area (Å²) < 4.78 is 4.86. The molecular formula is C22H19N3O3S3. The van der Waals surface area contributed by atoms with Crippen molar-refractivity contribution in [1.29, 1.82) is 0 Å². The highest BCUT2D eigenvalue weighted by Gasteiger charge is 2.22. The number of esters is 1. The van der Waals surface area contributed by atoms with Crippen LogP contribution in [0.4, 0.5) is 5.00 Å². The number of amides is 1. The molecule has 6 nitrogen and oxygen atoms in total. The Hall–Kier alpha value is -2.75. The first-order valence-corrected chi connectivity index (χ1v) is 12.0. The number of fused-ring (bicyclic) bond motifs is 1. The maximum absolute atomic E-state index is 12.6. The number of benzene rings is 1. The van der Waals surface area contributed by atoms with Gasteiger partial charge < -0.3 is 10.1 Å². The Bertz CT molecular complexity index is 1270. The molecule has 1 N–H and O–H groups in total. The van der Waals surface area contributed by atoms with Crippen LogP contribution in [0.2, 0.25) is 0 Å². The molecule has 9 heteroatoms. The van der Waals surface area contributed by atoms with E-state index in [0.717, 1.165) is 36.1 Å². The first-order valence-electron chi connectivity index (χ1n) is 9.39. The molecule has 0 unspecified atom stereocenters. The number of ether oxygens (including phenoxy) is 1. The van der Waals surface area contributed by atoms with Gasteiger partial charge in [0.05, 0.1) is 18.4 Å². The van der Waals surface area contributed by atoms with E-state index in [4.69, 9.17) is 4.74 Å². The van der Waals surface area contributed by atoms with Crippen LogP contribution in [0.25, 0.3) is 20.7 Å². The van der Waals surface area contributed by atoms with Gasteiger partial charge in [0, 0.05) is 15.1 Å². The molecule has 31 heavy (non-hydrogen) atoms. The van der Waals surface area contributed by atoms with E-state index >= 15 is 0 Å². The van der Waals surface area contributed by atoms with Gasteiger partial charge >= 0.3 is 5.97 Å². The maximum Gasteiger partial charge on any atom is 0.341 e. The van der Waals surface area contributed by atoms with Crippen molar-refractivity contribution in [3.63, 3.8) is 0 Å². The van der Waals surface area contributed by atoms with Gasteiger partial charge in [0.25, 0.3) is 0 Å². The number of hydrogen-bond acceptors (Lipinski definition) is 8. The molecule has 4 aromatic rings. The van der Waals surface area contributed by atoms with Gasteiger partial charge in [0.2, 0.25) is 5.91 Å². The minimum absolute atomic E-state index is 0.166. The average Bonchev–Trinajstić information content (AvgIpc) is 3.34. The topological polar surface area (TPSA) is 81.2 Å². The zero-order valence-corrected chi connectivity index (χ0v) is 19.5. The van der Waals surface area contributed by atoms with Crippen molar-refractivity contribution in [1.82, 2.24) is 9.97 Å². The van der Waals surface area contributed by atoms with Crippen LogP contribution in [0.1, 0.15) is 20.8 Å². The van der Waals surface area contributed by atoms with Gasteiger partial charge in [0.15, 0.2) is 0 Å². The number of hydrogen-bond donors (Lipinski definition) is 1. The highest BCUT2D eigenvalue weighted by atomic mass is 32.2. The Kier molecular flexibility index (Phi) is 6.35. The van der Waals surface area contributed by atoms with Crippen LogP contribution in [-0.2, 0) is 9.53 Å². The van der Waals surface area contributed by atoms with Gasteiger partial charge in [-0.25, -0.2) is 14.8 Å². The number of nitrogens with zero attached hydrogens (tertiary/aromatic N) is 2. The van der Waals surface area contributed by atoms with Crippen LogP contribution in [0.5, 0.6) is 0 Å². The number of thioether (sulfide) groups is 1. The van der Waals surface area contributed by atoms with Crippen LogP contribution in [0, 0.1) is 13.8 Å².